The van der Waals surface area contributed by atoms with E-state index in [-0.39, 0.29) is 113 Å². The second kappa shape index (κ2) is 46.6. The van der Waals surface area contributed by atoms with Crippen LogP contribution < -0.4 is 95.8 Å². The number of primary amides is 1. The van der Waals surface area contributed by atoms with Crippen LogP contribution in [-0.4, -0.2) is 220 Å². The SMILES string of the molecule is CC(=O)NCC(=O)NCC(=O)N[C@H](Cc1ccccc1)C(=O)N[C@@H](CC(C)C)C(=O)N[C@@H](CCCNC(=N)N)C(=O)N[C@@H](CCCNC(=N)N)C(=O)N[C@H](C(=O)N[C@@H](CSC1CC(=O)N(CNC(=O)C2CCN(S(=O)(=O)c3ccccc3-c3c4ccc(=[N+](C)c5ccccc5)cc-4oc4cc(N(C)c5ccccc5)ccc34)CC2)C1=O)C(=O)NCCC(N)=O)C(C)C. The van der Waals surface area contributed by atoms with E-state index < -0.39 is 172 Å². The molecule has 0 radical (unpaired) electrons. The predicted molar refractivity (Wildman–Crippen MR) is 480 cm³/mol. The second-order valence-corrected chi connectivity index (χ2v) is 34.9. The van der Waals surface area contributed by atoms with Crippen molar-refractivity contribution in [1.82, 2.24) is 77.6 Å². The van der Waals surface area contributed by atoms with Crippen LogP contribution in [0.4, 0.5) is 17.1 Å². The number of piperidine rings is 1. The first-order chi connectivity index (χ1) is 60.6. The third kappa shape index (κ3) is 28.1. The summed E-state index contributed by atoms with van der Waals surface area (Å²) in [6, 6.07) is 38.0. The number of carbonyl (C=O) groups excluding carboxylic acids is 13. The Bertz CT molecular complexity index is 5310. The predicted octanol–water partition coefficient (Wildman–Crippen LogP) is 1.67. The van der Waals surface area contributed by atoms with E-state index in [1.807, 2.05) is 121 Å². The summed E-state index contributed by atoms with van der Waals surface area (Å²) in [5, 5.41) is 47.0. The normalized spacial score (nSPS) is 15.3. The lowest BCUT2D eigenvalue weighted by atomic mass is 9.93. The monoisotopic (exact) mass is 1780 g/mol. The van der Waals surface area contributed by atoms with Crippen molar-refractivity contribution in [1.29, 1.82) is 10.8 Å². The van der Waals surface area contributed by atoms with Crippen LogP contribution in [0.5, 0.6) is 0 Å². The number of nitrogens with zero attached hydrogens (tertiary/aromatic N) is 4. The van der Waals surface area contributed by atoms with Gasteiger partial charge in [0.2, 0.25) is 97.9 Å². The zero-order valence-corrected chi connectivity index (χ0v) is 73.6. The lowest BCUT2D eigenvalue weighted by molar-refractivity contribution is -0.140. The van der Waals surface area contributed by atoms with E-state index in [2.05, 4.69) is 63.8 Å². The number of rotatable bonds is 44. The van der Waals surface area contributed by atoms with Crippen LogP contribution >= 0.6 is 11.8 Å². The maximum Gasteiger partial charge on any atom is 0.244 e. The molecule has 4 aliphatic rings. The number of hydrogen-bond acceptors (Lipinski definition) is 20. The number of benzene rings is 6. The molecule has 2 fully saturated rings. The molecule has 0 bridgehead atoms. The Kier molecular flexibility index (Phi) is 35.8. The number of fused-ring (bicyclic) bond motifs is 2. The number of carbonyl (C=O) groups is 13. The summed E-state index contributed by atoms with van der Waals surface area (Å²) in [5.74, 6) is -12.3. The number of sulfonamides is 1. The van der Waals surface area contributed by atoms with Gasteiger partial charge < -0.3 is 90.3 Å². The third-order valence-corrected chi connectivity index (χ3v) is 24.7. The van der Waals surface area contributed by atoms with Gasteiger partial charge >= 0.3 is 0 Å². The first-order valence-electron chi connectivity index (χ1n) is 41.9. The molecular weight excluding hydrogens is 1670 g/mol. The molecule has 0 spiro atoms. The summed E-state index contributed by atoms with van der Waals surface area (Å²) < 4.78 is 40.5. The summed E-state index contributed by atoms with van der Waals surface area (Å²) in [4.78, 5) is 181. The van der Waals surface area contributed by atoms with Gasteiger partial charge in [-0.1, -0.05) is 113 Å². The quantitative estimate of drug-likeness (QED) is 0.00645. The molecule has 2 saturated heterocycles. The van der Waals surface area contributed by atoms with Crippen molar-refractivity contribution in [2.75, 3.05) is 77.2 Å². The standard InChI is InChI=1S/C88H113N21O16S2/c1-52(2)43-66(103-84(120)67(44-55-21-11-8-12-22-55)100-75(113)49-98-74(112)48-97-54(5)110)83(119)102-64(28-19-38-95-87(90)91)81(117)101-65(29-20-39-96-88(92)93)82(118)105-78(53(3)4)85(121)104-68(80(116)94-40-35-73(89)111)50-126-71-47-76(114)109(86(71)122)51-99-79(115)56-36-41-108(42-37-56)127(123,124)72-30-18-17-27-63(72)77-61-33-31-59(106(6)57-23-13-9-14-24-57)45-69(61)125-70-46-60(32-34-62(70)77)107(7)58-25-15-10-16-26-58/h8-18,21-27,30-34,45-46,52-53,56,64-68,71,78H,19-20,28-29,35-44,47-51H2,1-7H3,(H19-,89,90,91,92,93,94,95,96,97,98,99,100,101,102,103,104,105,110,111,112,113,115,116,117,118,119,120,121)/p+1/t64-,65-,66-,67+,68-,71?,78-/m0/s1. The van der Waals surface area contributed by atoms with Crippen molar-refractivity contribution in [2.45, 2.75) is 145 Å². The molecule has 1 aliphatic carbocycles. The average molecular weight is 1790 g/mol. The lowest BCUT2D eigenvalue weighted by Crippen LogP contribution is -2.61. The van der Waals surface area contributed by atoms with E-state index in [9.17, 15) is 62.3 Å². The first-order valence-corrected chi connectivity index (χ1v) is 44.4. The fourth-order valence-electron chi connectivity index (χ4n) is 14.6. The Labute approximate surface area is 740 Å². The number of thioether (sulfide) groups is 1. The van der Waals surface area contributed by atoms with Crippen LogP contribution in [0.1, 0.15) is 98.0 Å². The smallest absolute Gasteiger partial charge is 0.244 e. The molecule has 39 heteroatoms. The largest absolute Gasteiger partial charge is 0.456 e. The molecule has 37 nitrogen and oxygen atoms in total. The molecule has 13 amide bonds. The minimum Gasteiger partial charge on any atom is -0.456 e. The fraction of sp³-hybridized carbons (Fsp3) is 0.409. The van der Waals surface area contributed by atoms with Gasteiger partial charge in [0.25, 0.3) is 0 Å². The van der Waals surface area contributed by atoms with Crippen molar-refractivity contribution < 1.29 is 75.2 Å². The third-order valence-electron chi connectivity index (χ3n) is 21.4. The molecule has 0 saturated carbocycles. The Hall–Kier alpha value is -13.3. The number of nitrogens with two attached hydrogens (primary N) is 3. The van der Waals surface area contributed by atoms with E-state index in [4.69, 9.17) is 32.4 Å². The van der Waals surface area contributed by atoms with Crippen molar-refractivity contribution in [2.24, 2.45) is 35.0 Å². The first kappa shape index (κ1) is 97.5. The highest BCUT2D eigenvalue weighted by molar-refractivity contribution is 8.00. The molecule has 5 aromatic carbocycles. The minimum absolute atomic E-state index is 0.00262. The number of nitrogens with one attached hydrogen (secondary N) is 14. The van der Waals surface area contributed by atoms with Gasteiger partial charge in [0, 0.05) is 135 Å². The summed E-state index contributed by atoms with van der Waals surface area (Å²) in [6.45, 7) is 6.06. The van der Waals surface area contributed by atoms with Crippen LogP contribution in [0, 0.1) is 28.6 Å². The molecule has 20 N–H and O–H groups in total. The van der Waals surface area contributed by atoms with Crippen molar-refractivity contribution >= 4 is 139 Å². The number of likely N-dealkylation sites (tertiary alicyclic amines) is 1. The van der Waals surface area contributed by atoms with Gasteiger partial charge in [-0.05, 0) is 98.7 Å². The van der Waals surface area contributed by atoms with E-state index in [0.717, 1.165) is 39.1 Å². The van der Waals surface area contributed by atoms with E-state index in [0.29, 0.717) is 39.0 Å². The van der Waals surface area contributed by atoms with Gasteiger partial charge in [-0.25, -0.2) is 8.42 Å². The highest BCUT2D eigenvalue weighted by Gasteiger charge is 2.43. The number of para-hydroxylation sites is 2. The van der Waals surface area contributed by atoms with Gasteiger partial charge in [0.15, 0.2) is 11.9 Å². The molecular formula is C88H114N21O16S2+. The van der Waals surface area contributed by atoms with E-state index in [1.54, 1.807) is 82.3 Å². The topological polar surface area (TPSA) is 552 Å². The Morgan fingerprint density at radius 3 is 1.78 bits per heavy atom. The van der Waals surface area contributed by atoms with Gasteiger partial charge in [0.05, 0.1) is 29.3 Å². The molecule has 5 aromatic rings. The van der Waals surface area contributed by atoms with Crippen molar-refractivity contribution in [3.8, 4) is 22.5 Å². The minimum atomic E-state index is -4.27. The summed E-state index contributed by atoms with van der Waals surface area (Å²) >= 11 is 0.837. The van der Waals surface area contributed by atoms with Gasteiger partial charge in [0.1, 0.15) is 61.3 Å². The van der Waals surface area contributed by atoms with Crippen LogP contribution in [-0.2, 0) is 78.8 Å². The molecule has 7 atom stereocenters. The number of anilines is 2. The zero-order chi connectivity index (χ0) is 92.2. The van der Waals surface area contributed by atoms with Crippen molar-refractivity contribution in [3.63, 3.8) is 0 Å². The maximum atomic E-state index is 15.2. The number of amides is 13. The van der Waals surface area contributed by atoms with Crippen molar-refractivity contribution in [3.05, 3.63) is 163 Å². The van der Waals surface area contributed by atoms with E-state index in [1.165, 1.54) is 11.2 Å². The molecule has 3 heterocycles. The Balaban J connectivity index is 0.853. The van der Waals surface area contributed by atoms with Gasteiger partial charge in [-0.2, -0.15) is 8.88 Å². The maximum absolute atomic E-state index is 15.2. The van der Waals surface area contributed by atoms with Crippen LogP contribution in [0.15, 0.2) is 161 Å². The average Bonchev–Trinajstić information content (AvgIpc) is 1.10. The molecule has 127 heavy (non-hydrogen) atoms. The summed E-state index contributed by atoms with van der Waals surface area (Å²) in [6.07, 6.45) is -0.750. The summed E-state index contributed by atoms with van der Waals surface area (Å²) in [5.41, 5.74) is 22.1. The fourth-order valence-corrected chi connectivity index (χ4v) is 17.4. The molecule has 9 rings (SSSR count). The van der Waals surface area contributed by atoms with E-state index >= 15 is 8.42 Å². The van der Waals surface area contributed by atoms with Crippen LogP contribution in [0.2, 0.25) is 0 Å². The van der Waals surface area contributed by atoms with Gasteiger partial charge in [-0.3, -0.25) is 78.0 Å². The lowest BCUT2D eigenvalue weighted by Gasteiger charge is -2.31. The highest BCUT2D eigenvalue weighted by Crippen LogP contribution is 2.44. The van der Waals surface area contributed by atoms with Crippen LogP contribution in [0.25, 0.3) is 33.4 Å². The number of hydrogen-bond donors (Lipinski definition) is 17. The number of guanidine groups is 2. The number of imide groups is 1. The zero-order valence-electron chi connectivity index (χ0n) is 72.0. The molecule has 0 aromatic heterocycles. The Morgan fingerprint density at radius 2 is 1.17 bits per heavy atom. The van der Waals surface area contributed by atoms with Crippen LogP contribution in [0.3, 0.4) is 0 Å². The molecule has 3 aliphatic heterocycles. The Morgan fingerprint density at radius 1 is 0.591 bits per heavy atom. The highest BCUT2D eigenvalue weighted by atomic mass is 32.2. The van der Waals surface area contributed by atoms with Gasteiger partial charge in [-0.15, -0.1) is 11.8 Å². The summed E-state index contributed by atoms with van der Waals surface area (Å²) in [7, 11) is -0.369. The molecule has 1 unspecified atom stereocenters. The molecule has 678 valence electrons. The second-order valence-electron chi connectivity index (χ2n) is 31.8.